The van der Waals surface area contributed by atoms with Gasteiger partial charge in [-0.05, 0) is 38.0 Å². The number of nitrogens with two attached hydrogens (primary N) is 1. The number of anilines is 1. The van der Waals surface area contributed by atoms with E-state index in [0.717, 1.165) is 11.1 Å². The standard InChI is InChI=1S/C17H18FN3/c1-10-4-6-13(7-5-10)12(3)21-16-8-11(2)14(18)9-15(16)20-17(21)19/h4-9,12H,1-3H3,(H2,19,20). The van der Waals surface area contributed by atoms with E-state index < -0.39 is 0 Å². The van der Waals surface area contributed by atoms with E-state index in [4.69, 9.17) is 5.73 Å². The number of imidazole rings is 1. The Morgan fingerprint density at radius 2 is 1.81 bits per heavy atom. The molecule has 1 heterocycles. The highest BCUT2D eigenvalue weighted by atomic mass is 19.1. The van der Waals surface area contributed by atoms with Gasteiger partial charge in [-0.25, -0.2) is 9.37 Å². The molecule has 0 saturated carbocycles. The van der Waals surface area contributed by atoms with Gasteiger partial charge in [-0.3, -0.25) is 0 Å². The van der Waals surface area contributed by atoms with Crippen molar-refractivity contribution < 1.29 is 4.39 Å². The summed E-state index contributed by atoms with van der Waals surface area (Å²) in [4.78, 5) is 4.28. The normalized spacial score (nSPS) is 12.8. The average molecular weight is 283 g/mol. The molecule has 0 aliphatic carbocycles. The molecule has 2 N–H and O–H groups in total. The lowest BCUT2D eigenvalue weighted by atomic mass is 10.1. The fourth-order valence-corrected chi connectivity index (χ4v) is 2.64. The average Bonchev–Trinajstić information content (AvgIpc) is 2.75. The Balaban J connectivity index is 2.17. The monoisotopic (exact) mass is 283 g/mol. The van der Waals surface area contributed by atoms with Gasteiger partial charge < -0.3 is 10.3 Å². The van der Waals surface area contributed by atoms with Gasteiger partial charge in [0, 0.05) is 6.07 Å². The number of nitrogen functional groups attached to an aromatic ring is 1. The van der Waals surface area contributed by atoms with Crippen molar-refractivity contribution in [1.82, 2.24) is 9.55 Å². The molecular formula is C17H18FN3. The smallest absolute Gasteiger partial charge is 0.201 e. The molecule has 4 heteroatoms. The van der Waals surface area contributed by atoms with E-state index in [1.807, 2.05) is 4.57 Å². The van der Waals surface area contributed by atoms with Crippen LogP contribution in [-0.4, -0.2) is 9.55 Å². The third-order valence-electron chi connectivity index (χ3n) is 3.94. The van der Waals surface area contributed by atoms with Crippen molar-refractivity contribution in [3.05, 3.63) is 58.9 Å². The first-order valence-electron chi connectivity index (χ1n) is 6.97. The molecule has 0 bridgehead atoms. The Morgan fingerprint density at radius 1 is 1.14 bits per heavy atom. The molecule has 0 amide bonds. The predicted octanol–water partition coefficient (Wildman–Crippen LogP) is 3.98. The highest BCUT2D eigenvalue weighted by Crippen LogP contribution is 2.28. The maximum atomic E-state index is 13.7. The molecule has 2 aromatic carbocycles. The number of hydrogen-bond donors (Lipinski definition) is 1. The summed E-state index contributed by atoms with van der Waals surface area (Å²) in [5.41, 5.74) is 10.5. The van der Waals surface area contributed by atoms with Gasteiger partial charge in [-0.2, -0.15) is 0 Å². The van der Waals surface area contributed by atoms with Crippen LogP contribution in [0.1, 0.15) is 29.7 Å². The van der Waals surface area contributed by atoms with Gasteiger partial charge in [-0.1, -0.05) is 29.8 Å². The summed E-state index contributed by atoms with van der Waals surface area (Å²) in [7, 11) is 0. The number of benzene rings is 2. The minimum Gasteiger partial charge on any atom is -0.369 e. The van der Waals surface area contributed by atoms with Crippen LogP contribution in [0.15, 0.2) is 36.4 Å². The van der Waals surface area contributed by atoms with Crippen molar-refractivity contribution in [2.45, 2.75) is 26.8 Å². The zero-order valence-corrected chi connectivity index (χ0v) is 12.4. The number of hydrogen-bond acceptors (Lipinski definition) is 2. The molecule has 1 atom stereocenters. The number of aryl methyl sites for hydroxylation is 2. The van der Waals surface area contributed by atoms with Gasteiger partial charge in [0.15, 0.2) is 0 Å². The summed E-state index contributed by atoms with van der Waals surface area (Å²) in [5, 5.41) is 0. The Hall–Kier alpha value is -2.36. The lowest BCUT2D eigenvalue weighted by Gasteiger charge is -2.17. The van der Waals surface area contributed by atoms with Crippen LogP contribution in [-0.2, 0) is 0 Å². The third kappa shape index (κ3) is 2.27. The SMILES string of the molecule is Cc1ccc(C(C)n2c(N)nc3cc(F)c(C)cc32)cc1. The second-order valence-electron chi connectivity index (χ2n) is 5.52. The van der Waals surface area contributed by atoms with E-state index in [-0.39, 0.29) is 11.9 Å². The molecule has 0 spiro atoms. The van der Waals surface area contributed by atoms with Crippen LogP contribution in [0.5, 0.6) is 0 Å². The van der Waals surface area contributed by atoms with Crippen LogP contribution in [0.3, 0.4) is 0 Å². The van der Waals surface area contributed by atoms with Crippen LogP contribution >= 0.6 is 0 Å². The Kier molecular flexibility index (Phi) is 3.16. The molecule has 0 fully saturated rings. The second-order valence-corrected chi connectivity index (χ2v) is 5.52. The van der Waals surface area contributed by atoms with Crippen molar-refractivity contribution >= 4 is 17.0 Å². The number of aromatic nitrogens is 2. The lowest BCUT2D eigenvalue weighted by molar-refractivity contribution is 0.619. The molecule has 3 nitrogen and oxygen atoms in total. The van der Waals surface area contributed by atoms with E-state index in [0.29, 0.717) is 17.0 Å². The van der Waals surface area contributed by atoms with Crippen LogP contribution < -0.4 is 5.73 Å². The number of halogens is 1. The maximum Gasteiger partial charge on any atom is 0.201 e. The van der Waals surface area contributed by atoms with Crippen molar-refractivity contribution in [3.8, 4) is 0 Å². The largest absolute Gasteiger partial charge is 0.369 e. The summed E-state index contributed by atoms with van der Waals surface area (Å²) < 4.78 is 15.6. The van der Waals surface area contributed by atoms with Gasteiger partial charge in [0.1, 0.15) is 5.82 Å². The first-order valence-corrected chi connectivity index (χ1v) is 6.97. The molecule has 21 heavy (non-hydrogen) atoms. The number of rotatable bonds is 2. The van der Waals surface area contributed by atoms with Gasteiger partial charge in [-0.15, -0.1) is 0 Å². The molecule has 0 aliphatic rings. The number of fused-ring (bicyclic) bond motifs is 1. The van der Waals surface area contributed by atoms with Gasteiger partial charge >= 0.3 is 0 Å². The molecule has 0 radical (unpaired) electrons. The van der Waals surface area contributed by atoms with E-state index in [9.17, 15) is 4.39 Å². The molecule has 0 saturated heterocycles. The lowest BCUT2D eigenvalue weighted by Crippen LogP contribution is -2.10. The van der Waals surface area contributed by atoms with Crippen molar-refractivity contribution in [2.75, 3.05) is 5.73 Å². The van der Waals surface area contributed by atoms with Crippen LogP contribution in [0.4, 0.5) is 10.3 Å². The van der Waals surface area contributed by atoms with E-state index in [2.05, 4.69) is 43.1 Å². The summed E-state index contributed by atoms with van der Waals surface area (Å²) in [6.45, 7) is 5.88. The van der Waals surface area contributed by atoms with Crippen molar-refractivity contribution in [1.29, 1.82) is 0 Å². The fourth-order valence-electron chi connectivity index (χ4n) is 2.64. The van der Waals surface area contributed by atoms with Crippen molar-refractivity contribution in [2.24, 2.45) is 0 Å². The fraction of sp³-hybridized carbons (Fsp3) is 0.235. The Labute approximate surface area is 123 Å². The van der Waals surface area contributed by atoms with Gasteiger partial charge in [0.05, 0.1) is 17.1 Å². The van der Waals surface area contributed by atoms with Gasteiger partial charge in [0.2, 0.25) is 5.95 Å². The predicted molar refractivity (Wildman–Crippen MR) is 83.8 cm³/mol. The molecule has 108 valence electrons. The molecule has 0 aliphatic heterocycles. The third-order valence-corrected chi connectivity index (χ3v) is 3.94. The molecule has 3 rings (SSSR count). The van der Waals surface area contributed by atoms with Gasteiger partial charge in [0.25, 0.3) is 0 Å². The summed E-state index contributed by atoms with van der Waals surface area (Å²) in [5.74, 6) is 0.151. The van der Waals surface area contributed by atoms with Crippen LogP contribution in [0.2, 0.25) is 0 Å². The topological polar surface area (TPSA) is 43.8 Å². The van der Waals surface area contributed by atoms with E-state index >= 15 is 0 Å². The van der Waals surface area contributed by atoms with Crippen molar-refractivity contribution in [3.63, 3.8) is 0 Å². The summed E-state index contributed by atoms with van der Waals surface area (Å²) in [6, 6.07) is 11.6. The molecular weight excluding hydrogens is 265 g/mol. The molecule has 1 unspecified atom stereocenters. The molecule has 1 aromatic heterocycles. The zero-order chi connectivity index (χ0) is 15.1. The summed E-state index contributed by atoms with van der Waals surface area (Å²) >= 11 is 0. The molecule has 3 aromatic rings. The number of nitrogens with zero attached hydrogens (tertiary/aromatic N) is 2. The van der Waals surface area contributed by atoms with E-state index in [1.165, 1.54) is 11.6 Å². The summed E-state index contributed by atoms with van der Waals surface area (Å²) in [6.07, 6.45) is 0. The maximum absolute atomic E-state index is 13.7. The van der Waals surface area contributed by atoms with Crippen LogP contribution in [0.25, 0.3) is 11.0 Å². The highest BCUT2D eigenvalue weighted by Gasteiger charge is 2.16. The second kappa shape index (κ2) is 4.88. The Bertz CT molecular complexity index is 803. The first-order chi connectivity index (χ1) is 9.97. The quantitative estimate of drug-likeness (QED) is 0.773. The minimum absolute atomic E-state index is 0.0421. The van der Waals surface area contributed by atoms with E-state index in [1.54, 1.807) is 13.0 Å². The van der Waals surface area contributed by atoms with Crippen LogP contribution in [0, 0.1) is 19.7 Å². The minimum atomic E-state index is -0.255. The Morgan fingerprint density at radius 3 is 2.48 bits per heavy atom. The zero-order valence-electron chi connectivity index (χ0n) is 12.4. The highest BCUT2D eigenvalue weighted by molar-refractivity contribution is 5.79. The first kappa shape index (κ1) is 13.6.